The molecule has 0 aliphatic carbocycles. The predicted octanol–water partition coefficient (Wildman–Crippen LogP) is 2.37. The number of amides is 2. The van der Waals surface area contributed by atoms with E-state index in [2.05, 4.69) is 9.05 Å². The van der Waals surface area contributed by atoms with E-state index in [0.717, 1.165) is 0 Å². The van der Waals surface area contributed by atoms with Gasteiger partial charge in [-0.2, -0.15) is 0 Å². The number of nitrogens with zero attached hydrogens (tertiary/aromatic N) is 1. The second-order valence-corrected chi connectivity index (χ2v) is 7.36. The van der Waals surface area contributed by atoms with Crippen LogP contribution in [0.5, 0.6) is 0 Å². The Morgan fingerprint density at radius 3 is 2.21 bits per heavy atom. The Hall–Kier alpha value is -1.14. The van der Waals surface area contributed by atoms with E-state index >= 15 is 0 Å². The van der Waals surface area contributed by atoms with Crippen LogP contribution in [-0.2, 0) is 13.6 Å². The minimum absolute atomic E-state index is 0.128. The minimum Gasteiger partial charge on any atom is -0.304 e. The van der Waals surface area contributed by atoms with E-state index in [9.17, 15) is 14.2 Å². The first kappa shape index (κ1) is 8.21. The van der Waals surface area contributed by atoms with Gasteiger partial charge >= 0.3 is 6.80 Å². The molecule has 102 valence electrons. The summed E-state index contributed by atoms with van der Waals surface area (Å²) in [6.45, 7) is -4.72. The van der Waals surface area contributed by atoms with Crippen LogP contribution in [0.15, 0.2) is 24.3 Å². The zero-order chi connectivity index (χ0) is 19.0. The molecular weight excluding hydrogens is 289 g/mol. The van der Waals surface area contributed by atoms with Gasteiger partial charge in [-0.1, -0.05) is 12.1 Å². The summed E-state index contributed by atoms with van der Waals surface area (Å²) in [4.78, 5) is 25.1. The van der Waals surface area contributed by atoms with Crippen LogP contribution in [0.2, 0.25) is 0 Å². The van der Waals surface area contributed by atoms with Gasteiger partial charge in [-0.15, -0.1) is 0 Å². The van der Waals surface area contributed by atoms with Gasteiger partial charge < -0.3 is 9.05 Å². The van der Waals surface area contributed by atoms with E-state index in [4.69, 9.17) is 8.22 Å². The zero-order valence-corrected chi connectivity index (χ0v) is 11.1. The largest absolute Gasteiger partial charge is 0.390 e. The summed E-state index contributed by atoms with van der Waals surface area (Å²) in [6.07, 6.45) is 0. The summed E-state index contributed by atoms with van der Waals surface area (Å²) < 4.78 is 62.9. The third-order valence-electron chi connectivity index (χ3n) is 2.45. The molecule has 1 aromatic rings. The van der Waals surface area contributed by atoms with E-state index in [1.54, 1.807) is 12.1 Å². The van der Waals surface area contributed by atoms with Crippen molar-refractivity contribution < 1.29 is 31.4 Å². The van der Waals surface area contributed by atoms with Crippen LogP contribution >= 0.6 is 18.2 Å². The van der Waals surface area contributed by atoms with E-state index < -0.39 is 38.6 Å². The minimum atomic E-state index is -4.72. The van der Waals surface area contributed by atoms with Crippen LogP contribution in [0.4, 0.5) is 0 Å². The Morgan fingerprint density at radius 2 is 1.74 bits per heavy atom. The molecule has 0 atom stereocenters. The molecule has 0 spiro atoms. The fourth-order valence-corrected chi connectivity index (χ4v) is 3.28. The third kappa shape index (κ3) is 2.60. The second-order valence-electron chi connectivity index (χ2n) is 3.47. The standard InChI is InChI=1S/C11H12NO5PS/c1-16-18(15,17-2)19-7-12-10(13)8-5-3-4-6-9(8)11(12)14/h3-6H,7H2,1-2H3/i1D3,2D3. The van der Waals surface area contributed by atoms with Gasteiger partial charge in [0, 0.05) is 14.1 Å². The van der Waals surface area contributed by atoms with Gasteiger partial charge in [0.25, 0.3) is 11.8 Å². The molecule has 1 heterocycles. The Morgan fingerprint density at radius 1 is 1.21 bits per heavy atom. The number of imide groups is 1. The summed E-state index contributed by atoms with van der Waals surface area (Å²) in [5, 5.41) is 0. The molecule has 8 heteroatoms. The Labute approximate surface area is 122 Å². The molecule has 1 aliphatic rings. The van der Waals surface area contributed by atoms with Crippen molar-refractivity contribution in [3.05, 3.63) is 35.4 Å². The van der Waals surface area contributed by atoms with Gasteiger partial charge in [0.2, 0.25) is 0 Å². The average Bonchev–Trinajstić information content (AvgIpc) is 2.65. The normalized spacial score (nSPS) is 20.9. The average molecular weight is 307 g/mol. The maximum atomic E-state index is 12.4. The van der Waals surface area contributed by atoms with E-state index in [1.807, 2.05) is 0 Å². The first-order valence-electron chi connectivity index (χ1n) is 7.93. The van der Waals surface area contributed by atoms with Crippen molar-refractivity contribution in [3.8, 4) is 0 Å². The number of benzene rings is 1. The monoisotopic (exact) mass is 307 g/mol. The Kier molecular flexibility index (Phi) is 2.36. The summed E-state index contributed by atoms with van der Waals surface area (Å²) in [5.41, 5.74) is 0.271. The first-order valence-corrected chi connectivity index (χ1v) is 8.06. The molecule has 0 bridgehead atoms. The van der Waals surface area contributed by atoms with Crippen LogP contribution in [0.1, 0.15) is 28.9 Å². The molecule has 19 heavy (non-hydrogen) atoms. The summed E-state index contributed by atoms with van der Waals surface area (Å²) in [7, 11) is -6.40. The van der Waals surface area contributed by atoms with E-state index in [0.29, 0.717) is 4.90 Å². The topological polar surface area (TPSA) is 72.9 Å². The van der Waals surface area contributed by atoms with Crippen molar-refractivity contribution in [1.29, 1.82) is 0 Å². The molecule has 0 radical (unpaired) electrons. The lowest BCUT2D eigenvalue weighted by atomic mass is 10.1. The van der Waals surface area contributed by atoms with E-state index in [-0.39, 0.29) is 22.5 Å². The lowest BCUT2D eigenvalue weighted by Crippen LogP contribution is -2.29. The zero-order valence-electron chi connectivity index (χ0n) is 15.4. The molecule has 1 aliphatic heterocycles. The first-order chi connectivity index (χ1) is 11.3. The number of carbonyl (C=O) groups is 2. The highest BCUT2D eigenvalue weighted by molar-refractivity contribution is 8.55. The van der Waals surface area contributed by atoms with Crippen LogP contribution in [0.3, 0.4) is 0 Å². The number of carbonyl (C=O) groups excluding carboxylic acids is 2. The van der Waals surface area contributed by atoms with Gasteiger partial charge in [-0.05, 0) is 23.5 Å². The molecule has 0 N–H and O–H groups in total. The van der Waals surface area contributed by atoms with Crippen LogP contribution in [-0.4, -0.2) is 36.7 Å². The molecule has 0 saturated heterocycles. The number of fused-ring (bicyclic) bond motifs is 1. The van der Waals surface area contributed by atoms with E-state index in [1.165, 1.54) is 12.1 Å². The quantitative estimate of drug-likeness (QED) is 0.614. The van der Waals surface area contributed by atoms with Crippen LogP contribution in [0.25, 0.3) is 0 Å². The molecule has 0 fully saturated rings. The van der Waals surface area contributed by atoms with Crippen LogP contribution in [0, 0.1) is 0 Å². The number of rotatable bonds is 5. The van der Waals surface area contributed by atoms with Crippen LogP contribution < -0.4 is 0 Å². The maximum absolute atomic E-state index is 12.4. The van der Waals surface area contributed by atoms with Gasteiger partial charge in [-0.3, -0.25) is 14.5 Å². The highest BCUT2D eigenvalue weighted by Crippen LogP contribution is 2.59. The molecule has 6 nitrogen and oxygen atoms in total. The molecule has 2 rings (SSSR count). The highest BCUT2D eigenvalue weighted by Gasteiger charge is 2.37. The van der Waals surface area contributed by atoms with Crippen molar-refractivity contribution >= 4 is 30.0 Å². The molecule has 2 amide bonds. The predicted molar refractivity (Wildman–Crippen MR) is 71.0 cm³/mol. The smallest absolute Gasteiger partial charge is 0.304 e. The van der Waals surface area contributed by atoms with Crippen molar-refractivity contribution in [2.24, 2.45) is 0 Å². The SMILES string of the molecule is [2H]C([2H])([2H])OP(=O)(OC([2H])([2H])[2H])SCN1C(=O)c2ccccc2C1=O. The highest BCUT2D eigenvalue weighted by atomic mass is 32.7. The lowest BCUT2D eigenvalue weighted by Gasteiger charge is -2.17. The van der Waals surface area contributed by atoms with Crippen molar-refractivity contribution in [3.63, 3.8) is 0 Å². The molecule has 0 saturated carbocycles. The van der Waals surface area contributed by atoms with Crippen molar-refractivity contribution in [2.75, 3.05) is 20.0 Å². The Bertz CT molecular complexity index is 696. The van der Waals surface area contributed by atoms with Gasteiger partial charge in [0.05, 0.1) is 25.2 Å². The maximum Gasteiger partial charge on any atom is 0.390 e. The summed E-state index contributed by atoms with van der Waals surface area (Å²) >= 11 is 0.128. The number of hydrogen-bond acceptors (Lipinski definition) is 6. The fourth-order valence-electron chi connectivity index (χ4n) is 1.56. The summed E-state index contributed by atoms with van der Waals surface area (Å²) in [6, 6.07) is 5.97. The third-order valence-corrected chi connectivity index (χ3v) is 5.33. The number of hydrogen-bond donors (Lipinski definition) is 0. The molecule has 0 unspecified atom stereocenters. The Balaban J connectivity index is 2.18. The lowest BCUT2D eigenvalue weighted by molar-refractivity contribution is 0.0684. The molecule has 0 aromatic heterocycles. The van der Waals surface area contributed by atoms with Gasteiger partial charge in [0.1, 0.15) is 0 Å². The van der Waals surface area contributed by atoms with Crippen molar-refractivity contribution in [2.45, 2.75) is 0 Å². The van der Waals surface area contributed by atoms with Crippen molar-refractivity contribution in [1.82, 2.24) is 4.90 Å². The molecular formula is C11H12NO5PS. The summed E-state index contributed by atoms with van der Waals surface area (Å²) in [5.74, 6) is -1.96. The molecule has 1 aromatic carbocycles. The fraction of sp³-hybridized carbons (Fsp3) is 0.273. The second kappa shape index (κ2) is 5.46. The van der Waals surface area contributed by atoms with Gasteiger partial charge in [0.15, 0.2) is 0 Å². The van der Waals surface area contributed by atoms with Gasteiger partial charge in [-0.25, -0.2) is 4.57 Å².